The van der Waals surface area contributed by atoms with E-state index in [9.17, 15) is 9.90 Å². The minimum atomic E-state index is -0.860. The van der Waals surface area contributed by atoms with Crippen LogP contribution in [0.15, 0.2) is 42.5 Å². The number of hydrogen-bond donors (Lipinski definition) is 1. The SMILES string of the molecule is CCOC(c1ccc(OCC2COc3ccc(Cl)cc3O2)cc1)C(CC)C(=O)O. The molecule has 0 saturated carbocycles. The lowest BCUT2D eigenvalue weighted by molar-refractivity contribution is -0.148. The van der Waals surface area contributed by atoms with Crippen molar-refractivity contribution >= 4 is 17.6 Å². The number of carboxylic acid groups (broad SMARTS) is 1. The number of aliphatic carboxylic acids is 1. The van der Waals surface area contributed by atoms with Crippen molar-refractivity contribution in [1.29, 1.82) is 0 Å². The molecule has 0 radical (unpaired) electrons. The molecule has 1 N–H and O–H groups in total. The summed E-state index contributed by atoms with van der Waals surface area (Å²) >= 11 is 6.00. The van der Waals surface area contributed by atoms with E-state index in [0.717, 1.165) is 5.56 Å². The zero-order chi connectivity index (χ0) is 20.8. The molecule has 0 fully saturated rings. The highest BCUT2D eigenvalue weighted by Gasteiger charge is 2.28. The molecule has 6 nitrogen and oxygen atoms in total. The summed E-state index contributed by atoms with van der Waals surface area (Å²) in [6.07, 6.45) is -0.260. The largest absolute Gasteiger partial charge is 0.490 e. The number of ether oxygens (including phenoxy) is 4. The number of hydrogen-bond acceptors (Lipinski definition) is 5. The van der Waals surface area contributed by atoms with E-state index in [1.165, 1.54) is 0 Å². The van der Waals surface area contributed by atoms with E-state index in [0.29, 0.717) is 48.5 Å². The topological polar surface area (TPSA) is 74.2 Å². The van der Waals surface area contributed by atoms with Crippen LogP contribution in [0, 0.1) is 5.92 Å². The van der Waals surface area contributed by atoms with Gasteiger partial charge in [-0.3, -0.25) is 4.79 Å². The zero-order valence-corrected chi connectivity index (χ0v) is 17.2. The summed E-state index contributed by atoms with van der Waals surface area (Å²) in [4.78, 5) is 11.5. The third-order valence-corrected chi connectivity index (χ3v) is 4.97. The maximum atomic E-state index is 11.5. The van der Waals surface area contributed by atoms with Crippen LogP contribution >= 0.6 is 11.6 Å². The van der Waals surface area contributed by atoms with Crippen molar-refractivity contribution in [3.05, 3.63) is 53.1 Å². The van der Waals surface area contributed by atoms with Gasteiger partial charge in [0.2, 0.25) is 0 Å². The Labute approximate surface area is 175 Å². The number of rotatable bonds is 9. The molecule has 1 aliphatic rings. The van der Waals surface area contributed by atoms with Crippen molar-refractivity contribution < 1.29 is 28.8 Å². The van der Waals surface area contributed by atoms with Gasteiger partial charge < -0.3 is 24.1 Å². The number of benzene rings is 2. The molecule has 0 amide bonds. The van der Waals surface area contributed by atoms with Gasteiger partial charge in [0.1, 0.15) is 19.0 Å². The van der Waals surface area contributed by atoms with Crippen molar-refractivity contribution in [2.45, 2.75) is 32.5 Å². The molecular weight excluding hydrogens is 396 g/mol. The predicted octanol–water partition coefficient (Wildman–Crippen LogP) is 4.75. The first kappa shape index (κ1) is 21.3. The Kier molecular flexibility index (Phi) is 7.23. The summed E-state index contributed by atoms with van der Waals surface area (Å²) < 4.78 is 23.1. The smallest absolute Gasteiger partial charge is 0.309 e. The molecule has 3 atom stereocenters. The van der Waals surface area contributed by atoms with E-state index < -0.39 is 18.0 Å². The molecule has 1 aliphatic heterocycles. The lowest BCUT2D eigenvalue weighted by Gasteiger charge is -2.26. The Balaban J connectivity index is 1.61. The molecule has 156 valence electrons. The summed E-state index contributed by atoms with van der Waals surface area (Å²) in [5.74, 6) is 0.475. The molecule has 1 heterocycles. The van der Waals surface area contributed by atoms with Crippen LogP contribution in [0.1, 0.15) is 31.9 Å². The van der Waals surface area contributed by atoms with E-state index in [1.54, 1.807) is 18.2 Å². The van der Waals surface area contributed by atoms with Gasteiger partial charge >= 0.3 is 5.97 Å². The second-order valence-electron chi connectivity index (χ2n) is 6.75. The molecular formula is C22H25ClO6. The molecule has 0 bridgehead atoms. The molecule has 0 aliphatic carbocycles. The molecule has 0 spiro atoms. The van der Waals surface area contributed by atoms with E-state index in [2.05, 4.69) is 0 Å². The number of carboxylic acids is 1. The van der Waals surface area contributed by atoms with Crippen molar-refractivity contribution in [3.8, 4) is 17.2 Å². The summed E-state index contributed by atoms with van der Waals surface area (Å²) in [6, 6.07) is 12.6. The van der Waals surface area contributed by atoms with Crippen molar-refractivity contribution in [1.82, 2.24) is 0 Å². The lowest BCUT2D eigenvalue weighted by atomic mass is 9.93. The average molecular weight is 421 g/mol. The van der Waals surface area contributed by atoms with Crippen LogP contribution in [0.2, 0.25) is 5.02 Å². The molecule has 2 aromatic rings. The second-order valence-corrected chi connectivity index (χ2v) is 7.19. The number of halogens is 1. The summed E-state index contributed by atoms with van der Waals surface area (Å²) in [6.45, 7) is 4.84. The molecule has 0 saturated heterocycles. The minimum absolute atomic E-state index is 0.256. The van der Waals surface area contributed by atoms with Gasteiger partial charge in [0, 0.05) is 17.7 Å². The van der Waals surface area contributed by atoms with Crippen LogP contribution in [-0.4, -0.2) is 37.0 Å². The molecule has 7 heteroatoms. The second kappa shape index (κ2) is 9.85. The fraction of sp³-hybridized carbons (Fsp3) is 0.409. The van der Waals surface area contributed by atoms with E-state index in [4.69, 9.17) is 30.5 Å². The average Bonchev–Trinajstić information content (AvgIpc) is 2.72. The van der Waals surface area contributed by atoms with E-state index >= 15 is 0 Å². The van der Waals surface area contributed by atoms with Gasteiger partial charge in [-0.05, 0) is 43.2 Å². The first-order chi connectivity index (χ1) is 14.0. The minimum Gasteiger partial charge on any atom is -0.490 e. The van der Waals surface area contributed by atoms with Gasteiger partial charge in [0.25, 0.3) is 0 Å². The Hall–Kier alpha value is -2.44. The van der Waals surface area contributed by atoms with Crippen LogP contribution in [0.4, 0.5) is 0 Å². The number of fused-ring (bicyclic) bond motifs is 1. The third kappa shape index (κ3) is 5.34. The van der Waals surface area contributed by atoms with Gasteiger partial charge in [0.05, 0.1) is 12.0 Å². The van der Waals surface area contributed by atoms with Crippen LogP contribution in [0.25, 0.3) is 0 Å². The number of carbonyl (C=O) groups is 1. The highest BCUT2D eigenvalue weighted by atomic mass is 35.5. The Morgan fingerprint density at radius 3 is 2.62 bits per heavy atom. The Morgan fingerprint density at radius 1 is 1.21 bits per heavy atom. The van der Waals surface area contributed by atoms with Crippen LogP contribution in [0.5, 0.6) is 17.2 Å². The molecule has 2 aromatic carbocycles. The van der Waals surface area contributed by atoms with Gasteiger partial charge in [-0.1, -0.05) is 30.7 Å². The van der Waals surface area contributed by atoms with Gasteiger partial charge in [-0.2, -0.15) is 0 Å². The van der Waals surface area contributed by atoms with Crippen LogP contribution < -0.4 is 14.2 Å². The highest BCUT2D eigenvalue weighted by Crippen LogP contribution is 2.34. The predicted molar refractivity (Wildman–Crippen MR) is 109 cm³/mol. The maximum absolute atomic E-state index is 11.5. The fourth-order valence-electron chi connectivity index (χ4n) is 3.26. The fourth-order valence-corrected chi connectivity index (χ4v) is 3.42. The molecule has 0 aromatic heterocycles. The first-order valence-corrected chi connectivity index (χ1v) is 10.1. The highest BCUT2D eigenvalue weighted by molar-refractivity contribution is 6.30. The summed E-state index contributed by atoms with van der Waals surface area (Å²) in [7, 11) is 0. The van der Waals surface area contributed by atoms with Crippen LogP contribution in [0.3, 0.4) is 0 Å². The molecule has 3 rings (SSSR count). The van der Waals surface area contributed by atoms with Gasteiger partial charge in [-0.15, -0.1) is 0 Å². The zero-order valence-electron chi connectivity index (χ0n) is 16.5. The molecule has 29 heavy (non-hydrogen) atoms. The standard InChI is InChI=1S/C22H25ClO6/c1-3-18(22(24)25)21(26-4-2)14-5-8-16(9-6-14)27-12-17-13-28-19-10-7-15(23)11-20(19)29-17/h5-11,17-18,21H,3-4,12-13H2,1-2H3,(H,24,25). The maximum Gasteiger partial charge on any atom is 0.309 e. The third-order valence-electron chi connectivity index (χ3n) is 4.74. The van der Waals surface area contributed by atoms with E-state index in [-0.39, 0.29) is 6.10 Å². The summed E-state index contributed by atoms with van der Waals surface area (Å²) in [5, 5.41) is 10.0. The van der Waals surface area contributed by atoms with Gasteiger partial charge in [-0.25, -0.2) is 0 Å². The quantitative estimate of drug-likeness (QED) is 0.631. The monoisotopic (exact) mass is 420 g/mol. The van der Waals surface area contributed by atoms with Crippen LogP contribution in [-0.2, 0) is 9.53 Å². The van der Waals surface area contributed by atoms with Gasteiger partial charge in [0.15, 0.2) is 17.6 Å². The summed E-state index contributed by atoms with van der Waals surface area (Å²) in [5.41, 5.74) is 0.814. The van der Waals surface area contributed by atoms with E-state index in [1.807, 2.05) is 38.1 Å². The van der Waals surface area contributed by atoms with Crippen molar-refractivity contribution in [2.75, 3.05) is 19.8 Å². The normalized spacial score (nSPS) is 17.4. The lowest BCUT2D eigenvalue weighted by Crippen LogP contribution is -2.34. The Bertz CT molecular complexity index is 823. The van der Waals surface area contributed by atoms with Crippen molar-refractivity contribution in [3.63, 3.8) is 0 Å². The molecule has 3 unspecified atom stereocenters. The van der Waals surface area contributed by atoms with Crippen molar-refractivity contribution in [2.24, 2.45) is 5.92 Å². The first-order valence-electron chi connectivity index (χ1n) is 9.68. The Morgan fingerprint density at radius 2 is 1.97 bits per heavy atom.